The van der Waals surface area contributed by atoms with Crippen molar-refractivity contribution >= 4 is 62.6 Å². The van der Waals surface area contributed by atoms with Crippen LogP contribution < -0.4 is 5.43 Å². The highest BCUT2D eigenvalue weighted by molar-refractivity contribution is 6.45. The lowest BCUT2D eigenvalue weighted by atomic mass is 10.0. The summed E-state index contributed by atoms with van der Waals surface area (Å²) in [6.45, 7) is -0.364. The second-order valence-electron chi connectivity index (χ2n) is 6.31. The molecule has 0 radical (unpaired) electrons. The van der Waals surface area contributed by atoms with Crippen molar-refractivity contribution in [1.82, 2.24) is 4.57 Å². The Kier molecular flexibility index (Phi) is 4.79. The molecule has 4 aromatic rings. The highest BCUT2D eigenvalue weighted by atomic mass is 35.5. The first-order valence-electron chi connectivity index (χ1n) is 8.29. The van der Waals surface area contributed by atoms with E-state index in [1.54, 1.807) is 30.3 Å². The van der Waals surface area contributed by atoms with Crippen LogP contribution in [0, 0.1) is 0 Å². The number of carboxylic acids is 1. The van der Waals surface area contributed by atoms with Gasteiger partial charge in [-0.05, 0) is 47.5 Å². The molecular formula is C21H12Cl3NO3. The summed E-state index contributed by atoms with van der Waals surface area (Å²) >= 11 is 18.5. The van der Waals surface area contributed by atoms with Crippen molar-refractivity contribution in [2.24, 2.45) is 0 Å². The van der Waals surface area contributed by atoms with Crippen LogP contribution in [0.3, 0.4) is 0 Å². The van der Waals surface area contributed by atoms with Crippen LogP contribution in [-0.2, 0) is 11.3 Å². The van der Waals surface area contributed by atoms with E-state index in [9.17, 15) is 14.7 Å². The third-order valence-electron chi connectivity index (χ3n) is 4.59. The fourth-order valence-electron chi connectivity index (χ4n) is 3.32. The van der Waals surface area contributed by atoms with E-state index in [-0.39, 0.29) is 22.0 Å². The van der Waals surface area contributed by atoms with Crippen LogP contribution >= 0.6 is 34.8 Å². The fourth-order valence-corrected chi connectivity index (χ4v) is 3.87. The Morgan fingerprint density at radius 1 is 0.893 bits per heavy atom. The summed E-state index contributed by atoms with van der Waals surface area (Å²) in [6, 6.07) is 15.6. The summed E-state index contributed by atoms with van der Waals surface area (Å²) in [6.07, 6.45) is 0. The molecule has 0 saturated heterocycles. The molecule has 0 unspecified atom stereocenters. The maximum absolute atomic E-state index is 13.0. The molecule has 0 spiro atoms. The molecule has 7 heteroatoms. The zero-order valence-electron chi connectivity index (χ0n) is 14.2. The van der Waals surface area contributed by atoms with Gasteiger partial charge in [0.2, 0.25) is 0 Å². The molecule has 0 amide bonds. The van der Waals surface area contributed by atoms with Crippen molar-refractivity contribution in [1.29, 1.82) is 0 Å². The number of rotatable bonds is 3. The molecule has 3 aromatic carbocycles. The first-order valence-corrected chi connectivity index (χ1v) is 9.42. The molecule has 0 bridgehead atoms. The molecular weight excluding hydrogens is 421 g/mol. The Hall–Kier alpha value is -2.53. The number of fused-ring (bicyclic) bond motifs is 2. The van der Waals surface area contributed by atoms with Gasteiger partial charge in [-0.3, -0.25) is 9.59 Å². The van der Waals surface area contributed by atoms with Gasteiger partial charge in [-0.2, -0.15) is 0 Å². The molecule has 0 fully saturated rings. The summed E-state index contributed by atoms with van der Waals surface area (Å²) < 4.78 is 1.52. The number of hydrogen-bond acceptors (Lipinski definition) is 2. The maximum atomic E-state index is 13.0. The number of halogens is 3. The second-order valence-corrected chi connectivity index (χ2v) is 7.53. The van der Waals surface area contributed by atoms with Gasteiger partial charge in [0.05, 0.1) is 21.1 Å². The van der Waals surface area contributed by atoms with Crippen LogP contribution in [0.25, 0.3) is 32.9 Å². The number of aromatic nitrogens is 1. The molecule has 1 heterocycles. The predicted molar refractivity (Wildman–Crippen MR) is 114 cm³/mol. The van der Waals surface area contributed by atoms with Gasteiger partial charge in [0.15, 0.2) is 5.43 Å². The maximum Gasteiger partial charge on any atom is 0.323 e. The van der Waals surface area contributed by atoms with E-state index in [0.29, 0.717) is 26.8 Å². The van der Waals surface area contributed by atoms with Crippen LogP contribution in [0.2, 0.25) is 15.1 Å². The predicted octanol–water partition coefficient (Wildman–Crippen LogP) is 5.87. The van der Waals surface area contributed by atoms with Crippen LogP contribution in [0.5, 0.6) is 0 Å². The van der Waals surface area contributed by atoms with Gasteiger partial charge in [0.25, 0.3) is 0 Å². The third-order valence-corrected chi connectivity index (χ3v) is 5.63. The first-order chi connectivity index (χ1) is 13.4. The molecule has 28 heavy (non-hydrogen) atoms. The summed E-state index contributed by atoms with van der Waals surface area (Å²) in [5.41, 5.74) is 2.25. The van der Waals surface area contributed by atoms with E-state index in [1.165, 1.54) is 10.6 Å². The molecule has 4 nitrogen and oxygen atoms in total. The van der Waals surface area contributed by atoms with Gasteiger partial charge in [-0.15, -0.1) is 0 Å². The number of carboxylic acid groups (broad SMARTS) is 1. The number of nitrogens with zero attached hydrogens (tertiary/aromatic N) is 1. The van der Waals surface area contributed by atoms with E-state index in [1.807, 2.05) is 18.2 Å². The average molecular weight is 433 g/mol. The molecule has 1 N–H and O–H groups in total. The minimum absolute atomic E-state index is 0.149. The lowest BCUT2D eigenvalue weighted by Crippen LogP contribution is -2.16. The quantitative estimate of drug-likeness (QED) is 0.412. The Balaban J connectivity index is 2.13. The van der Waals surface area contributed by atoms with Gasteiger partial charge in [0.1, 0.15) is 6.54 Å². The third kappa shape index (κ3) is 3.14. The van der Waals surface area contributed by atoms with Gasteiger partial charge in [0, 0.05) is 15.8 Å². The summed E-state index contributed by atoms with van der Waals surface area (Å²) in [5.74, 6) is -1.06. The standard InChI is InChI=1S/C21H12Cl3NO3/c22-13-4-1-11(2-5-13)12-3-6-14-17(9-12)25(10-18(26)27)20-15(21(14)28)7-8-16(23)19(20)24/h1-9H,10H2,(H,26,27). The van der Waals surface area contributed by atoms with Gasteiger partial charge in [-0.25, -0.2) is 0 Å². The molecule has 0 aliphatic heterocycles. The zero-order chi connectivity index (χ0) is 20.0. The van der Waals surface area contributed by atoms with Crippen LogP contribution in [-0.4, -0.2) is 15.6 Å². The van der Waals surface area contributed by atoms with E-state index < -0.39 is 5.97 Å². The highest BCUT2D eigenvalue weighted by Gasteiger charge is 2.17. The number of carbonyl (C=O) groups is 1. The normalized spacial score (nSPS) is 11.2. The fraction of sp³-hybridized carbons (Fsp3) is 0.0476. The molecule has 4 rings (SSSR count). The summed E-state index contributed by atoms with van der Waals surface area (Å²) in [4.78, 5) is 24.5. The van der Waals surface area contributed by atoms with Gasteiger partial charge < -0.3 is 9.67 Å². The Morgan fingerprint density at radius 3 is 2.21 bits per heavy atom. The van der Waals surface area contributed by atoms with Crippen molar-refractivity contribution in [2.45, 2.75) is 6.54 Å². The van der Waals surface area contributed by atoms with Crippen molar-refractivity contribution in [2.75, 3.05) is 0 Å². The Labute approximate surface area is 174 Å². The van der Waals surface area contributed by atoms with Crippen molar-refractivity contribution in [3.05, 3.63) is 79.9 Å². The lowest BCUT2D eigenvalue weighted by molar-refractivity contribution is -0.137. The number of aliphatic carboxylic acids is 1. The minimum atomic E-state index is -1.06. The van der Waals surface area contributed by atoms with E-state index in [0.717, 1.165) is 11.1 Å². The number of benzene rings is 3. The van der Waals surface area contributed by atoms with Crippen LogP contribution in [0.4, 0.5) is 0 Å². The molecule has 0 atom stereocenters. The Bertz CT molecular complexity index is 1310. The highest BCUT2D eigenvalue weighted by Crippen LogP contribution is 2.33. The van der Waals surface area contributed by atoms with Crippen molar-refractivity contribution in [3.8, 4) is 11.1 Å². The average Bonchev–Trinajstić information content (AvgIpc) is 2.67. The molecule has 0 aliphatic rings. The Morgan fingerprint density at radius 2 is 1.54 bits per heavy atom. The van der Waals surface area contributed by atoms with E-state index in [2.05, 4.69) is 0 Å². The molecule has 0 aliphatic carbocycles. The van der Waals surface area contributed by atoms with E-state index in [4.69, 9.17) is 34.8 Å². The number of hydrogen-bond donors (Lipinski definition) is 1. The molecule has 140 valence electrons. The van der Waals surface area contributed by atoms with Crippen LogP contribution in [0.15, 0.2) is 59.4 Å². The van der Waals surface area contributed by atoms with Crippen molar-refractivity contribution in [3.63, 3.8) is 0 Å². The zero-order valence-corrected chi connectivity index (χ0v) is 16.5. The van der Waals surface area contributed by atoms with Crippen LogP contribution in [0.1, 0.15) is 0 Å². The molecule has 1 aromatic heterocycles. The number of pyridine rings is 1. The van der Waals surface area contributed by atoms with Gasteiger partial charge >= 0.3 is 5.97 Å². The summed E-state index contributed by atoms with van der Waals surface area (Å²) in [7, 11) is 0. The monoisotopic (exact) mass is 431 g/mol. The first kappa shape index (κ1) is 18.8. The topological polar surface area (TPSA) is 59.3 Å². The largest absolute Gasteiger partial charge is 0.480 e. The van der Waals surface area contributed by atoms with Gasteiger partial charge in [-0.1, -0.05) is 53.0 Å². The smallest absolute Gasteiger partial charge is 0.323 e. The summed E-state index contributed by atoms with van der Waals surface area (Å²) in [5, 5.41) is 11.2. The minimum Gasteiger partial charge on any atom is -0.480 e. The SMILES string of the molecule is O=C(O)Cn1c2cc(-c3ccc(Cl)cc3)ccc2c(=O)c2ccc(Cl)c(Cl)c21. The second kappa shape index (κ2) is 7.13. The van der Waals surface area contributed by atoms with E-state index >= 15 is 0 Å². The lowest BCUT2D eigenvalue weighted by Gasteiger charge is -2.16. The van der Waals surface area contributed by atoms with Crippen molar-refractivity contribution < 1.29 is 9.90 Å². The molecule has 0 saturated carbocycles.